The van der Waals surface area contributed by atoms with Crippen LogP contribution in [-0.4, -0.2) is 54.6 Å². The van der Waals surface area contributed by atoms with Crippen LogP contribution in [-0.2, 0) is 9.59 Å². The minimum atomic E-state index is -2.35. The smallest absolute Gasteiger partial charge is 0.192 e. The van der Waals surface area contributed by atoms with Crippen molar-refractivity contribution in [1.82, 2.24) is 0 Å². The molecule has 0 aliphatic heterocycles. The Bertz CT molecular complexity index is 377. The van der Waals surface area contributed by atoms with Crippen molar-refractivity contribution in [2.24, 2.45) is 0 Å². The van der Waals surface area contributed by atoms with Crippen molar-refractivity contribution in [3.05, 3.63) is 0 Å². The number of aliphatic hydroxyl groups is 1. The summed E-state index contributed by atoms with van der Waals surface area (Å²) in [4.78, 5) is 23.2. The Morgan fingerprint density at radius 1 is 1.09 bits per heavy atom. The summed E-state index contributed by atoms with van der Waals surface area (Å²) < 4.78 is 7.91. The van der Waals surface area contributed by atoms with E-state index in [0.29, 0.717) is 6.42 Å². The van der Waals surface area contributed by atoms with Crippen LogP contribution in [0.2, 0.25) is 0 Å². The van der Waals surface area contributed by atoms with Crippen LogP contribution in [0.25, 0.3) is 0 Å². The van der Waals surface area contributed by atoms with Crippen LogP contribution in [0.5, 0.6) is 0 Å². The molecule has 1 N–H and O–H groups in total. The molecule has 0 aliphatic rings. The summed E-state index contributed by atoms with van der Waals surface area (Å²) in [6.07, 6.45) is 4.58. The molecule has 0 radical (unpaired) electrons. The van der Waals surface area contributed by atoms with Crippen LogP contribution in [0.4, 0.5) is 0 Å². The number of unbranched alkanes of at least 4 members (excludes halogenated alkanes) is 6. The summed E-state index contributed by atoms with van der Waals surface area (Å²) in [5, 5.41) is 20.9. The third-order valence-electron chi connectivity index (χ3n) is 3.75. The SMILES string of the molecule is [2H]C(O)(CC(=O)[O-])C(C(=O)CCCCCCCCC)[N+](C)(C)C. The van der Waals surface area contributed by atoms with Gasteiger partial charge >= 0.3 is 0 Å². The second-order valence-electron chi connectivity index (χ2n) is 6.90. The number of hydrogen-bond acceptors (Lipinski definition) is 4. The van der Waals surface area contributed by atoms with Gasteiger partial charge in [0.15, 0.2) is 11.8 Å². The number of carbonyl (C=O) groups excluding carboxylic acids is 2. The number of carboxylic acids is 1. The van der Waals surface area contributed by atoms with Gasteiger partial charge in [-0.15, -0.1) is 0 Å². The highest BCUT2D eigenvalue weighted by Gasteiger charge is 2.37. The molecule has 5 nitrogen and oxygen atoms in total. The topological polar surface area (TPSA) is 77.4 Å². The van der Waals surface area contributed by atoms with E-state index in [2.05, 4.69) is 6.92 Å². The van der Waals surface area contributed by atoms with Gasteiger partial charge in [-0.25, -0.2) is 0 Å². The fourth-order valence-electron chi connectivity index (χ4n) is 2.70. The molecule has 2 unspecified atom stereocenters. The molecule has 0 aromatic heterocycles. The molecule has 22 heavy (non-hydrogen) atoms. The Hall–Kier alpha value is -0.940. The third-order valence-corrected chi connectivity index (χ3v) is 3.75. The number of nitrogens with zero attached hydrogens (tertiary/aromatic N) is 1. The summed E-state index contributed by atoms with van der Waals surface area (Å²) in [6, 6.07) is -1.10. The zero-order valence-electron chi connectivity index (χ0n) is 15.6. The highest BCUT2D eigenvalue weighted by Crippen LogP contribution is 2.16. The maximum Gasteiger partial charge on any atom is 0.192 e. The fourth-order valence-corrected chi connectivity index (χ4v) is 2.70. The molecular formula is C17H33NO4. The molecule has 0 heterocycles. The lowest BCUT2D eigenvalue weighted by Gasteiger charge is -2.36. The first kappa shape index (κ1) is 19.1. The van der Waals surface area contributed by atoms with Crippen molar-refractivity contribution in [2.45, 2.75) is 76.8 Å². The van der Waals surface area contributed by atoms with Crippen molar-refractivity contribution < 1.29 is 25.7 Å². The number of ketones is 1. The van der Waals surface area contributed by atoms with E-state index >= 15 is 0 Å². The van der Waals surface area contributed by atoms with E-state index in [1.54, 1.807) is 21.1 Å². The first-order valence-electron chi connectivity index (χ1n) is 8.78. The lowest BCUT2D eigenvalue weighted by Crippen LogP contribution is -2.57. The lowest BCUT2D eigenvalue weighted by atomic mass is 9.96. The number of aliphatic carboxylic acids is 1. The van der Waals surface area contributed by atoms with E-state index in [4.69, 9.17) is 1.37 Å². The normalized spacial score (nSPS) is 16.7. The van der Waals surface area contributed by atoms with E-state index in [0.717, 1.165) is 19.3 Å². The molecule has 0 spiro atoms. The molecular weight excluding hydrogens is 282 g/mol. The Labute approximate surface area is 136 Å². The zero-order valence-corrected chi connectivity index (χ0v) is 14.6. The monoisotopic (exact) mass is 316 g/mol. The molecule has 0 aromatic rings. The summed E-state index contributed by atoms with van der Waals surface area (Å²) in [7, 11) is 5.05. The number of hydrogen-bond donors (Lipinski definition) is 1. The zero-order chi connectivity index (χ0) is 18.1. The quantitative estimate of drug-likeness (QED) is 0.410. The van der Waals surface area contributed by atoms with Gasteiger partial charge in [0.05, 0.1) is 22.5 Å². The Kier molecular flexibility index (Phi) is 9.32. The van der Waals surface area contributed by atoms with Crippen LogP contribution in [0.1, 0.15) is 66.1 Å². The lowest BCUT2D eigenvalue weighted by molar-refractivity contribution is -0.890. The molecule has 5 heteroatoms. The number of Topliss-reactive ketones (excluding diaryl/α,β-unsaturated/α-hetero) is 1. The molecule has 0 bridgehead atoms. The molecule has 0 aromatic carbocycles. The molecule has 0 fully saturated rings. The minimum absolute atomic E-state index is 0.0165. The van der Waals surface area contributed by atoms with Crippen molar-refractivity contribution in [1.29, 1.82) is 0 Å². The van der Waals surface area contributed by atoms with Gasteiger partial charge in [0.2, 0.25) is 0 Å². The van der Waals surface area contributed by atoms with Gasteiger partial charge < -0.3 is 19.5 Å². The van der Waals surface area contributed by atoms with Crippen LogP contribution in [0, 0.1) is 0 Å². The van der Waals surface area contributed by atoms with Crippen molar-refractivity contribution in [2.75, 3.05) is 21.1 Å². The van der Waals surface area contributed by atoms with Gasteiger partial charge in [0.1, 0.15) is 6.08 Å². The van der Waals surface area contributed by atoms with Gasteiger partial charge in [-0.05, 0) is 6.42 Å². The van der Waals surface area contributed by atoms with Crippen LogP contribution in [0.15, 0.2) is 0 Å². The van der Waals surface area contributed by atoms with Gasteiger partial charge in [0.25, 0.3) is 0 Å². The molecule has 2 atom stereocenters. The first-order valence-corrected chi connectivity index (χ1v) is 8.28. The Balaban J connectivity index is 4.52. The summed E-state index contributed by atoms with van der Waals surface area (Å²) in [5.74, 6) is -1.78. The van der Waals surface area contributed by atoms with Crippen molar-refractivity contribution in [3.8, 4) is 0 Å². The molecule has 0 amide bonds. The highest BCUT2D eigenvalue weighted by molar-refractivity contribution is 5.84. The largest absolute Gasteiger partial charge is 0.550 e. The number of likely N-dealkylation sites (N-methyl/N-ethyl adjacent to an activating group) is 1. The maximum atomic E-state index is 12.4. The molecule has 0 saturated carbocycles. The van der Waals surface area contributed by atoms with Crippen LogP contribution in [0.3, 0.4) is 0 Å². The number of carboxylic acid groups (broad SMARTS) is 1. The summed E-state index contributed by atoms with van der Waals surface area (Å²) in [6.45, 7) is 2.16. The van der Waals surface area contributed by atoms with Crippen LogP contribution >= 0.6 is 0 Å². The second kappa shape index (κ2) is 10.7. The first-order chi connectivity index (χ1) is 10.5. The van der Waals surface area contributed by atoms with Crippen LogP contribution < -0.4 is 5.11 Å². The predicted molar refractivity (Wildman–Crippen MR) is 85.1 cm³/mol. The standard InChI is InChI=1S/C17H33NO4/c1-5-6-7-8-9-10-11-12-14(19)17(18(2,3)4)15(20)13-16(21)22/h15,17,20H,5-13H2,1-4H3/i15D. The molecule has 0 rings (SSSR count). The van der Waals surface area contributed by atoms with E-state index in [-0.39, 0.29) is 16.7 Å². The average molecular weight is 316 g/mol. The fraction of sp³-hybridized carbons (Fsp3) is 0.882. The number of quaternary nitrogens is 1. The minimum Gasteiger partial charge on any atom is -0.550 e. The molecule has 0 saturated heterocycles. The highest BCUT2D eigenvalue weighted by atomic mass is 16.4. The number of carbonyl (C=O) groups is 2. The molecule has 0 aliphatic carbocycles. The number of rotatable bonds is 13. The van der Waals surface area contributed by atoms with E-state index < -0.39 is 24.5 Å². The maximum absolute atomic E-state index is 12.4. The molecule has 130 valence electrons. The van der Waals surface area contributed by atoms with Gasteiger partial charge in [-0.1, -0.05) is 45.4 Å². The van der Waals surface area contributed by atoms with Gasteiger partial charge in [-0.3, -0.25) is 4.79 Å². The van der Waals surface area contributed by atoms with E-state index in [1.165, 1.54) is 19.3 Å². The Morgan fingerprint density at radius 3 is 2.05 bits per heavy atom. The second-order valence-corrected chi connectivity index (χ2v) is 6.90. The van der Waals surface area contributed by atoms with Crippen molar-refractivity contribution in [3.63, 3.8) is 0 Å². The van der Waals surface area contributed by atoms with Gasteiger partial charge in [-0.2, -0.15) is 0 Å². The summed E-state index contributed by atoms with van der Waals surface area (Å²) in [5.41, 5.74) is 0. The van der Waals surface area contributed by atoms with E-state index in [1.807, 2.05) is 0 Å². The summed E-state index contributed by atoms with van der Waals surface area (Å²) >= 11 is 0. The Morgan fingerprint density at radius 2 is 1.59 bits per heavy atom. The predicted octanol–water partition coefficient (Wildman–Crippen LogP) is 1.27. The average Bonchev–Trinajstić information content (AvgIpc) is 2.33. The van der Waals surface area contributed by atoms with Crippen molar-refractivity contribution >= 4 is 11.8 Å². The van der Waals surface area contributed by atoms with E-state index in [9.17, 15) is 19.8 Å². The third kappa shape index (κ3) is 9.15. The van der Waals surface area contributed by atoms with Gasteiger partial charge in [0, 0.05) is 18.8 Å².